The van der Waals surface area contributed by atoms with E-state index in [0.717, 1.165) is 5.56 Å². The summed E-state index contributed by atoms with van der Waals surface area (Å²) in [7, 11) is 2.41. The Balaban J connectivity index is 2.01. The molecule has 0 aliphatic carbocycles. The van der Waals surface area contributed by atoms with Crippen LogP contribution in [0.4, 0.5) is 0 Å². The number of hydrogen-bond acceptors (Lipinski definition) is 3. The molecule has 0 bridgehead atoms. The molecule has 4 nitrogen and oxygen atoms in total. The van der Waals surface area contributed by atoms with Crippen molar-refractivity contribution in [3.63, 3.8) is 0 Å². The van der Waals surface area contributed by atoms with Crippen LogP contribution < -0.4 is 9.91 Å². The zero-order valence-electron chi connectivity index (χ0n) is 12.7. The Kier molecular flexibility index (Phi) is 3.98. The molecule has 1 aromatic carbocycles. The van der Waals surface area contributed by atoms with Crippen LogP contribution >= 0.6 is 7.60 Å². The van der Waals surface area contributed by atoms with E-state index in [0.29, 0.717) is 12.0 Å². The zero-order valence-corrected chi connectivity index (χ0v) is 13.6. The van der Waals surface area contributed by atoms with Crippen LogP contribution in [0.1, 0.15) is 25.5 Å². The summed E-state index contributed by atoms with van der Waals surface area (Å²) in [6.07, 6.45) is 1.30. The fourth-order valence-electron chi connectivity index (χ4n) is 2.58. The van der Waals surface area contributed by atoms with Gasteiger partial charge in [-0.05, 0) is 17.7 Å². The van der Waals surface area contributed by atoms with E-state index in [-0.39, 0.29) is 11.5 Å². The minimum atomic E-state index is -3.47. The van der Waals surface area contributed by atoms with Gasteiger partial charge in [0, 0.05) is 11.5 Å². The summed E-state index contributed by atoms with van der Waals surface area (Å²) in [4.78, 5) is 0. The lowest BCUT2D eigenvalue weighted by Crippen LogP contribution is -2.49. The molecule has 1 aliphatic heterocycles. The minimum absolute atomic E-state index is 0.288. The second kappa shape index (κ2) is 5.66. The van der Waals surface area contributed by atoms with Crippen molar-refractivity contribution in [3.8, 4) is 0 Å². The molecule has 1 aromatic heterocycles. The van der Waals surface area contributed by atoms with Crippen LogP contribution in [0.3, 0.4) is 0 Å². The van der Waals surface area contributed by atoms with E-state index in [1.807, 2.05) is 44.2 Å². The molecule has 22 heavy (non-hydrogen) atoms. The number of hydrogen-bond donors (Lipinski definition) is 0. The van der Waals surface area contributed by atoms with Crippen molar-refractivity contribution in [3.05, 3.63) is 60.3 Å². The molecule has 0 unspecified atom stereocenters. The van der Waals surface area contributed by atoms with Gasteiger partial charge in [0.05, 0.1) is 12.7 Å². The van der Waals surface area contributed by atoms with E-state index in [2.05, 4.69) is 0 Å². The van der Waals surface area contributed by atoms with Gasteiger partial charge >= 0.3 is 7.60 Å². The molecule has 113 valence electrons. The zero-order chi connectivity index (χ0) is 15.8. The van der Waals surface area contributed by atoms with Crippen molar-refractivity contribution in [2.75, 3.05) is 6.61 Å². The lowest BCUT2D eigenvalue weighted by atomic mass is 9.83. The smallest absolute Gasteiger partial charge is 0.419 e. The highest BCUT2D eigenvalue weighted by Gasteiger charge is 2.48. The van der Waals surface area contributed by atoms with E-state index < -0.39 is 7.60 Å². The van der Waals surface area contributed by atoms with Crippen LogP contribution in [0.25, 0.3) is 0 Å². The highest BCUT2D eigenvalue weighted by molar-refractivity contribution is 7.61. The summed E-state index contributed by atoms with van der Waals surface area (Å²) < 4.78 is 26.1. The fourth-order valence-corrected chi connectivity index (χ4v) is 4.68. The highest BCUT2D eigenvalue weighted by atomic mass is 31.2. The van der Waals surface area contributed by atoms with Crippen molar-refractivity contribution < 1.29 is 18.1 Å². The summed E-state index contributed by atoms with van der Waals surface area (Å²) >= 11 is 0. The van der Waals surface area contributed by atoms with Gasteiger partial charge < -0.3 is 9.00 Å². The standard InChI is InChI=1S/C16H18BNO3P/c1-16(2)12-20-22(19,14-10-6-7-11-18(14)17)21-15(16)13-8-4-3-5-9-13/h3-11,15H,12H2,1-2H3/t15-,22+/m0/s1. The van der Waals surface area contributed by atoms with Crippen LogP contribution in [-0.4, -0.2) is 14.6 Å². The van der Waals surface area contributed by atoms with Crippen LogP contribution in [-0.2, 0) is 13.6 Å². The maximum Gasteiger partial charge on any atom is 0.419 e. The van der Waals surface area contributed by atoms with Gasteiger partial charge in [-0.25, -0.2) is 4.57 Å². The van der Waals surface area contributed by atoms with Gasteiger partial charge in [-0.1, -0.05) is 44.2 Å². The molecule has 3 radical (unpaired) electrons. The molecular weight excluding hydrogens is 296 g/mol. The lowest BCUT2D eigenvalue weighted by Gasteiger charge is -2.41. The molecule has 0 amide bonds. The number of aromatic nitrogens is 1. The molecule has 0 spiro atoms. The third kappa shape index (κ3) is 2.77. The average molecular weight is 314 g/mol. The molecule has 2 heterocycles. The Bertz CT molecular complexity index is 720. The highest BCUT2D eigenvalue weighted by Crippen LogP contribution is 2.59. The Morgan fingerprint density at radius 1 is 1.18 bits per heavy atom. The first-order valence-corrected chi connectivity index (χ1v) is 8.71. The number of rotatable bonds is 2. The van der Waals surface area contributed by atoms with Crippen molar-refractivity contribution in [2.24, 2.45) is 5.41 Å². The molecule has 1 aliphatic rings. The molecule has 0 saturated carbocycles. The normalized spacial score (nSPS) is 27.5. The van der Waals surface area contributed by atoms with Crippen molar-refractivity contribution in [2.45, 2.75) is 20.0 Å². The topological polar surface area (TPSA) is 39.4 Å². The second-order valence-corrected chi connectivity index (χ2v) is 8.04. The monoisotopic (exact) mass is 314 g/mol. The first-order chi connectivity index (χ1) is 10.4. The summed E-state index contributed by atoms with van der Waals surface area (Å²) in [5.41, 5.74) is 1.05. The molecule has 2 aromatic rings. The SMILES string of the molecule is [B-][n+]1ccccc1[P@@]1(=O)OCC(C)(C)[C@H](c2ccccc2)O1. The van der Waals surface area contributed by atoms with E-state index in [1.165, 1.54) is 4.48 Å². The van der Waals surface area contributed by atoms with Crippen LogP contribution in [0, 0.1) is 5.41 Å². The molecular formula is C16H18BNO3P. The van der Waals surface area contributed by atoms with E-state index in [1.54, 1.807) is 24.4 Å². The van der Waals surface area contributed by atoms with Crippen LogP contribution in [0.2, 0.25) is 0 Å². The molecule has 3 rings (SSSR count). The Morgan fingerprint density at radius 2 is 1.86 bits per heavy atom. The molecule has 6 heteroatoms. The Hall–Kier alpha value is -1.42. The maximum absolute atomic E-state index is 13.2. The molecule has 0 N–H and O–H groups in total. The quantitative estimate of drug-likeness (QED) is 0.632. The van der Waals surface area contributed by atoms with Gasteiger partial charge in [0.15, 0.2) is 0 Å². The fraction of sp³-hybridized carbons (Fsp3) is 0.312. The van der Waals surface area contributed by atoms with Gasteiger partial charge in [0.25, 0.3) is 0 Å². The first kappa shape index (κ1) is 15.5. The number of pyridine rings is 1. The lowest BCUT2D eigenvalue weighted by molar-refractivity contribution is -0.502. The van der Waals surface area contributed by atoms with Gasteiger partial charge in [0.2, 0.25) is 5.44 Å². The second-order valence-electron chi connectivity index (χ2n) is 6.12. The van der Waals surface area contributed by atoms with Crippen molar-refractivity contribution >= 4 is 21.0 Å². The predicted molar refractivity (Wildman–Crippen MR) is 85.0 cm³/mol. The summed E-state index contributed by atoms with van der Waals surface area (Å²) in [5.74, 6) is 0. The van der Waals surface area contributed by atoms with Crippen LogP contribution in [0.15, 0.2) is 54.7 Å². The number of nitrogens with zero attached hydrogens (tertiary/aromatic N) is 1. The Morgan fingerprint density at radius 3 is 2.55 bits per heavy atom. The molecule has 2 atom stereocenters. The Labute approximate surface area is 132 Å². The first-order valence-electron chi connectivity index (χ1n) is 7.17. The summed E-state index contributed by atoms with van der Waals surface area (Å²) in [5, 5.41) is 0. The van der Waals surface area contributed by atoms with Gasteiger partial charge in [0.1, 0.15) is 6.20 Å². The van der Waals surface area contributed by atoms with E-state index >= 15 is 0 Å². The number of benzene rings is 1. The minimum Gasteiger partial charge on any atom is -0.503 e. The van der Waals surface area contributed by atoms with Gasteiger partial charge in [-0.15, -0.1) is 7.98 Å². The van der Waals surface area contributed by atoms with Crippen LogP contribution in [0.5, 0.6) is 0 Å². The van der Waals surface area contributed by atoms with E-state index in [9.17, 15) is 4.57 Å². The molecule has 1 saturated heterocycles. The average Bonchev–Trinajstić information content (AvgIpc) is 2.51. The summed E-state index contributed by atoms with van der Waals surface area (Å²) in [6, 6.07) is 15.0. The third-order valence-corrected chi connectivity index (χ3v) is 5.71. The van der Waals surface area contributed by atoms with Gasteiger partial charge in [-0.2, -0.15) is 0 Å². The maximum atomic E-state index is 13.2. The van der Waals surface area contributed by atoms with Gasteiger partial charge in [-0.3, -0.25) is 4.52 Å². The van der Waals surface area contributed by atoms with E-state index in [4.69, 9.17) is 17.0 Å². The summed E-state index contributed by atoms with van der Waals surface area (Å²) in [6.45, 7) is 4.41. The largest absolute Gasteiger partial charge is 0.503 e. The predicted octanol–water partition coefficient (Wildman–Crippen LogP) is 2.54. The van der Waals surface area contributed by atoms with Crippen molar-refractivity contribution in [1.29, 1.82) is 0 Å². The third-order valence-electron chi connectivity index (χ3n) is 3.81. The van der Waals surface area contributed by atoms with Crippen molar-refractivity contribution in [1.82, 2.24) is 0 Å². The molecule has 1 fully saturated rings.